The number of ether oxygens (including phenoxy) is 1. The summed E-state index contributed by atoms with van der Waals surface area (Å²) in [5.74, 6) is -1.03. The molecule has 0 aromatic heterocycles. The van der Waals surface area contributed by atoms with Crippen LogP contribution in [0.5, 0.6) is 0 Å². The molecule has 1 N–H and O–H groups in total. The molecule has 1 amide bonds. The number of hydrogen-bond acceptors (Lipinski definition) is 3. The average molecular weight is 374 g/mol. The lowest BCUT2D eigenvalue weighted by molar-refractivity contribution is -0.119. The van der Waals surface area contributed by atoms with Crippen molar-refractivity contribution in [2.45, 2.75) is 0 Å². The topological polar surface area (TPSA) is 55.4 Å². The third-order valence-electron chi connectivity index (χ3n) is 3.52. The normalized spacial score (nSPS) is 10.5. The molecule has 3 rings (SSSR count). The fourth-order valence-corrected chi connectivity index (χ4v) is 2.60. The first kappa shape index (κ1) is 17.3. The van der Waals surface area contributed by atoms with Gasteiger partial charge in [0.2, 0.25) is 0 Å². The Morgan fingerprint density at radius 1 is 0.880 bits per heavy atom. The number of amides is 1. The Bertz CT molecular complexity index is 956. The van der Waals surface area contributed by atoms with Gasteiger partial charge in [0.1, 0.15) is 0 Å². The van der Waals surface area contributed by atoms with Crippen LogP contribution in [0.4, 0.5) is 5.69 Å². The maximum Gasteiger partial charge on any atom is 0.338 e. The van der Waals surface area contributed by atoms with Crippen molar-refractivity contribution in [2.75, 3.05) is 11.9 Å². The number of anilines is 1. The Morgan fingerprint density at radius 3 is 2.40 bits per heavy atom. The summed E-state index contributed by atoms with van der Waals surface area (Å²) in [4.78, 5) is 24.0. The van der Waals surface area contributed by atoms with Gasteiger partial charge in [0, 0.05) is 5.69 Å². The van der Waals surface area contributed by atoms with E-state index in [0.29, 0.717) is 21.3 Å². The van der Waals surface area contributed by atoms with Crippen LogP contribution in [0, 0.1) is 0 Å². The Balaban J connectivity index is 1.60. The molecule has 0 fully saturated rings. The van der Waals surface area contributed by atoms with E-state index >= 15 is 0 Å². The Hall–Kier alpha value is -2.56. The second-order valence-corrected chi connectivity index (χ2v) is 6.13. The zero-order valence-electron chi connectivity index (χ0n) is 13.0. The fourth-order valence-electron chi connectivity index (χ4n) is 2.30. The minimum Gasteiger partial charge on any atom is -0.452 e. The summed E-state index contributed by atoms with van der Waals surface area (Å²) >= 11 is 11.7. The van der Waals surface area contributed by atoms with E-state index in [2.05, 4.69) is 5.32 Å². The third-order valence-corrected chi connectivity index (χ3v) is 4.26. The van der Waals surface area contributed by atoms with E-state index in [9.17, 15) is 9.59 Å². The molecule has 6 heteroatoms. The lowest BCUT2D eigenvalue weighted by Gasteiger charge is -2.08. The van der Waals surface area contributed by atoms with Crippen molar-refractivity contribution in [2.24, 2.45) is 0 Å². The molecular formula is C19H13Cl2NO3. The molecule has 0 aliphatic rings. The molecule has 0 aliphatic heterocycles. The monoisotopic (exact) mass is 373 g/mol. The number of fused-ring (bicyclic) bond motifs is 1. The van der Waals surface area contributed by atoms with Crippen LogP contribution >= 0.6 is 23.2 Å². The number of nitrogens with one attached hydrogen (secondary N) is 1. The van der Waals surface area contributed by atoms with Crippen LogP contribution in [0.2, 0.25) is 10.0 Å². The first-order valence-electron chi connectivity index (χ1n) is 7.44. The molecular weight excluding hydrogens is 361 g/mol. The van der Waals surface area contributed by atoms with Crippen LogP contribution in [0.1, 0.15) is 10.4 Å². The molecule has 4 nitrogen and oxygen atoms in total. The number of carbonyl (C=O) groups is 2. The highest BCUT2D eigenvalue weighted by Crippen LogP contribution is 2.25. The summed E-state index contributed by atoms with van der Waals surface area (Å²) in [6, 6.07) is 17.6. The van der Waals surface area contributed by atoms with Gasteiger partial charge in [-0.2, -0.15) is 0 Å². The van der Waals surface area contributed by atoms with Crippen molar-refractivity contribution in [3.63, 3.8) is 0 Å². The maximum absolute atomic E-state index is 12.1. The number of rotatable bonds is 4. The molecule has 0 aliphatic carbocycles. The van der Waals surface area contributed by atoms with E-state index in [1.54, 1.807) is 24.3 Å². The molecule has 25 heavy (non-hydrogen) atoms. The molecule has 3 aromatic carbocycles. The number of hydrogen-bond donors (Lipinski definition) is 1. The van der Waals surface area contributed by atoms with Gasteiger partial charge in [0.25, 0.3) is 5.91 Å². The van der Waals surface area contributed by atoms with Crippen molar-refractivity contribution >= 4 is 51.5 Å². The smallest absolute Gasteiger partial charge is 0.338 e. The van der Waals surface area contributed by atoms with Gasteiger partial charge in [-0.25, -0.2) is 4.79 Å². The van der Waals surface area contributed by atoms with E-state index in [4.69, 9.17) is 27.9 Å². The molecule has 0 spiro atoms. The van der Waals surface area contributed by atoms with Gasteiger partial charge in [0.15, 0.2) is 6.61 Å². The Kier molecular flexibility index (Phi) is 5.22. The van der Waals surface area contributed by atoms with Crippen molar-refractivity contribution in [1.29, 1.82) is 0 Å². The Labute approximate surface area is 154 Å². The molecule has 0 atom stereocenters. The van der Waals surface area contributed by atoms with Crippen LogP contribution in [0.15, 0.2) is 60.7 Å². The van der Waals surface area contributed by atoms with Gasteiger partial charge >= 0.3 is 5.97 Å². The summed E-state index contributed by atoms with van der Waals surface area (Å²) in [5.41, 5.74) is 0.863. The van der Waals surface area contributed by atoms with E-state index in [1.807, 2.05) is 30.3 Å². The van der Waals surface area contributed by atoms with Gasteiger partial charge in [-0.3, -0.25) is 4.79 Å². The highest BCUT2D eigenvalue weighted by Gasteiger charge is 2.11. The zero-order chi connectivity index (χ0) is 17.8. The highest BCUT2D eigenvalue weighted by molar-refractivity contribution is 6.42. The molecule has 0 unspecified atom stereocenters. The number of esters is 1. The van der Waals surface area contributed by atoms with Crippen LogP contribution in [0.3, 0.4) is 0 Å². The number of halogens is 2. The van der Waals surface area contributed by atoms with Crippen LogP contribution < -0.4 is 5.32 Å². The summed E-state index contributed by atoms with van der Waals surface area (Å²) < 4.78 is 5.05. The number of carbonyl (C=O) groups excluding carboxylic acids is 2. The zero-order valence-corrected chi connectivity index (χ0v) is 14.5. The predicted octanol–water partition coefficient (Wildman–Crippen LogP) is 4.94. The van der Waals surface area contributed by atoms with Crippen LogP contribution in [-0.4, -0.2) is 18.5 Å². The van der Waals surface area contributed by atoms with Gasteiger partial charge in [-0.05, 0) is 41.1 Å². The highest BCUT2D eigenvalue weighted by atomic mass is 35.5. The van der Waals surface area contributed by atoms with Crippen LogP contribution in [0.25, 0.3) is 10.8 Å². The second kappa shape index (κ2) is 7.55. The van der Waals surface area contributed by atoms with Gasteiger partial charge in [-0.1, -0.05) is 53.5 Å². The van der Waals surface area contributed by atoms with Crippen molar-refractivity contribution in [3.05, 3.63) is 76.3 Å². The summed E-state index contributed by atoms with van der Waals surface area (Å²) in [5, 5.41) is 5.26. The van der Waals surface area contributed by atoms with E-state index in [-0.39, 0.29) is 0 Å². The Morgan fingerprint density at radius 2 is 1.64 bits per heavy atom. The minimum absolute atomic E-state index is 0.327. The van der Waals surface area contributed by atoms with Gasteiger partial charge < -0.3 is 10.1 Å². The summed E-state index contributed by atoms with van der Waals surface area (Å²) in [7, 11) is 0. The van der Waals surface area contributed by atoms with E-state index in [0.717, 1.165) is 10.8 Å². The largest absolute Gasteiger partial charge is 0.452 e. The molecule has 0 radical (unpaired) electrons. The van der Waals surface area contributed by atoms with Gasteiger partial charge in [-0.15, -0.1) is 0 Å². The first-order valence-corrected chi connectivity index (χ1v) is 8.19. The lowest BCUT2D eigenvalue weighted by Crippen LogP contribution is -2.20. The van der Waals surface area contributed by atoms with Crippen LogP contribution in [-0.2, 0) is 9.53 Å². The maximum atomic E-state index is 12.1. The molecule has 0 bridgehead atoms. The van der Waals surface area contributed by atoms with E-state index in [1.165, 1.54) is 6.07 Å². The SMILES string of the molecule is O=C(COC(=O)c1ccc2ccccc2c1)Nc1ccc(Cl)c(Cl)c1. The van der Waals surface area contributed by atoms with Gasteiger partial charge in [0.05, 0.1) is 15.6 Å². The van der Waals surface area contributed by atoms with Crippen molar-refractivity contribution < 1.29 is 14.3 Å². The van der Waals surface area contributed by atoms with E-state index < -0.39 is 18.5 Å². The minimum atomic E-state index is -0.560. The third kappa shape index (κ3) is 4.29. The summed E-state index contributed by atoms with van der Waals surface area (Å²) in [6.45, 7) is -0.397. The van der Waals surface area contributed by atoms with Crippen molar-refractivity contribution in [3.8, 4) is 0 Å². The standard InChI is InChI=1S/C19H13Cl2NO3/c20-16-8-7-15(10-17(16)21)22-18(23)11-25-19(24)14-6-5-12-3-1-2-4-13(12)9-14/h1-10H,11H2,(H,22,23). The first-order chi connectivity index (χ1) is 12.0. The predicted molar refractivity (Wildman–Crippen MR) is 99.3 cm³/mol. The van der Waals surface area contributed by atoms with Crippen molar-refractivity contribution in [1.82, 2.24) is 0 Å². The summed E-state index contributed by atoms with van der Waals surface area (Å²) in [6.07, 6.45) is 0. The average Bonchev–Trinajstić information content (AvgIpc) is 2.62. The second-order valence-electron chi connectivity index (χ2n) is 5.32. The molecule has 126 valence electrons. The molecule has 0 saturated heterocycles. The fraction of sp³-hybridized carbons (Fsp3) is 0.0526. The molecule has 0 saturated carbocycles. The quantitative estimate of drug-likeness (QED) is 0.658. The number of benzene rings is 3. The molecule has 3 aromatic rings. The molecule has 0 heterocycles. The lowest BCUT2D eigenvalue weighted by atomic mass is 10.1.